The van der Waals surface area contributed by atoms with Crippen LogP contribution in [0.2, 0.25) is 5.02 Å². The first-order valence-electron chi connectivity index (χ1n) is 4.36. The van der Waals surface area contributed by atoms with Crippen LogP contribution >= 0.6 is 11.6 Å². The molecule has 0 aliphatic carbocycles. The van der Waals surface area contributed by atoms with Crippen molar-refractivity contribution in [1.82, 2.24) is 20.2 Å². The second kappa shape index (κ2) is 4.27. The lowest BCUT2D eigenvalue weighted by Crippen LogP contribution is -1.99. The zero-order chi connectivity index (χ0) is 10.7. The van der Waals surface area contributed by atoms with Crippen molar-refractivity contribution in [1.29, 1.82) is 0 Å². The predicted octanol–water partition coefficient (Wildman–Crippen LogP) is 1.44. The van der Waals surface area contributed by atoms with Gasteiger partial charge in [0, 0.05) is 0 Å². The van der Waals surface area contributed by atoms with E-state index in [-0.39, 0.29) is 6.61 Å². The van der Waals surface area contributed by atoms with Crippen molar-refractivity contribution in [3.63, 3.8) is 0 Å². The lowest BCUT2D eigenvalue weighted by atomic mass is 10.3. The number of hydrogen-bond donors (Lipinski definition) is 0. The zero-order valence-electron chi connectivity index (χ0n) is 8.09. The summed E-state index contributed by atoms with van der Waals surface area (Å²) in [6.45, 7) is 0.261. The monoisotopic (exact) mass is 224 g/mol. The Kier molecular flexibility index (Phi) is 2.82. The minimum atomic E-state index is 0.261. The average molecular weight is 225 g/mol. The van der Waals surface area contributed by atoms with E-state index in [1.165, 1.54) is 4.80 Å². The van der Waals surface area contributed by atoms with E-state index in [2.05, 4.69) is 15.4 Å². The Balaban J connectivity index is 2.02. The van der Waals surface area contributed by atoms with Gasteiger partial charge in [-0.25, -0.2) is 0 Å². The summed E-state index contributed by atoms with van der Waals surface area (Å²) in [6.07, 6.45) is 0. The smallest absolute Gasteiger partial charge is 0.212 e. The average Bonchev–Trinajstić information content (AvgIpc) is 2.63. The molecule has 2 aromatic rings. The van der Waals surface area contributed by atoms with Gasteiger partial charge in [-0.2, -0.15) is 4.80 Å². The summed E-state index contributed by atoms with van der Waals surface area (Å²) in [6, 6.07) is 7.25. The van der Waals surface area contributed by atoms with Gasteiger partial charge < -0.3 is 4.74 Å². The van der Waals surface area contributed by atoms with Crippen molar-refractivity contribution in [3.05, 3.63) is 35.1 Å². The largest absolute Gasteiger partial charge is 0.484 e. The topological polar surface area (TPSA) is 52.8 Å². The minimum Gasteiger partial charge on any atom is -0.484 e. The third-order valence-electron chi connectivity index (χ3n) is 1.74. The number of benzene rings is 1. The molecule has 1 aromatic heterocycles. The zero-order valence-corrected chi connectivity index (χ0v) is 8.85. The molecule has 15 heavy (non-hydrogen) atoms. The summed E-state index contributed by atoms with van der Waals surface area (Å²) < 4.78 is 5.43. The van der Waals surface area contributed by atoms with Crippen LogP contribution in [0.5, 0.6) is 5.75 Å². The molecule has 0 fully saturated rings. The van der Waals surface area contributed by atoms with Gasteiger partial charge in [0.25, 0.3) is 0 Å². The summed E-state index contributed by atoms with van der Waals surface area (Å²) in [4.78, 5) is 1.38. The first-order valence-corrected chi connectivity index (χ1v) is 4.74. The van der Waals surface area contributed by atoms with Crippen molar-refractivity contribution in [3.8, 4) is 5.75 Å². The first kappa shape index (κ1) is 9.92. The molecule has 0 atom stereocenters. The molecular formula is C9H9ClN4O. The van der Waals surface area contributed by atoms with Crippen LogP contribution < -0.4 is 4.74 Å². The predicted molar refractivity (Wildman–Crippen MR) is 54.6 cm³/mol. The number of aromatic nitrogens is 4. The number of halogens is 1. The molecule has 0 N–H and O–H groups in total. The normalized spacial score (nSPS) is 10.3. The third-order valence-corrected chi connectivity index (χ3v) is 2.06. The van der Waals surface area contributed by atoms with E-state index in [0.717, 1.165) is 0 Å². The van der Waals surface area contributed by atoms with Crippen LogP contribution in [0.15, 0.2) is 24.3 Å². The summed E-state index contributed by atoms with van der Waals surface area (Å²) in [5, 5.41) is 12.0. The summed E-state index contributed by atoms with van der Waals surface area (Å²) >= 11 is 5.91. The van der Waals surface area contributed by atoms with E-state index in [9.17, 15) is 0 Å². The second-order valence-electron chi connectivity index (χ2n) is 2.91. The molecule has 0 aliphatic rings. The van der Waals surface area contributed by atoms with Gasteiger partial charge in [0.1, 0.15) is 5.75 Å². The Hall–Kier alpha value is -1.62. The molecule has 0 saturated carbocycles. The Morgan fingerprint density at radius 2 is 2.20 bits per heavy atom. The second-order valence-corrected chi connectivity index (χ2v) is 3.32. The number of aryl methyl sites for hydroxylation is 1. The maximum atomic E-state index is 5.91. The van der Waals surface area contributed by atoms with Crippen molar-refractivity contribution < 1.29 is 4.74 Å². The molecule has 0 spiro atoms. The molecule has 6 heteroatoms. The first-order chi connectivity index (χ1) is 7.25. The van der Waals surface area contributed by atoms with E-state index in [0.29, 0.717) is 16.6 Å². The highest BCUT2D eigenvalue weighted by atomic mass is 35.5. The highest BCUT2D eigenvalue weighted by Crippen LogP contribution is 2.23. The fraction of sp³-hybridized carbons (Fsp3) is 0.222. The summed E-state index contributed by atoms with van der Waals surface area (Å²) in [5.74, 6) is 1.14. The number of tetrazole rings is 1. The van der Waals surface area contributed by atoms with Crippen LogP contribution in [0.25, 0.3) is 0 Å². The SMILES string of the molecule is Cn1nnc(COc2ccccc2Cl)n1. The van der Waals surface area contributed by atoms with Gasteiger partial charge >= 0.3 is 0 Å². The van der Waals surface area contributed by atoms with Crippen LogP contribution in [0.3, 0.4) is 0 Å². The molecule has 0 aliphatic heterocycles. The van der Waals surface area contributed by atoms with E-state index in [1.807, 2.05) is 12.1 Å². The Morgan fingerprint density at radius 3 is 2.87 bits per heavy atom. The molecule has 78 valence electrons. The molecule has 0 radical (unpaired) electrons. The van der Waals surface area contributed by atoms with Gasteiger partial charge in [-0.05, 0) is 17.3 Å². The fourth-order valence-electron chi connectivity index (χ4n) is 1.09. The molecule has 0 saturated heterocycles. The van der Waals surface area contributed by atoms with Crippen molar-refractivity contribution in [2.24, 2.45) is 7.05 Å². The molecule has 5 nitrogen and oxygen atoms in total. The van der Waals surface area contributed by atoms with Crippen molar-refractivity contribution >= 4 is 11.6 Å². The van der Waals surface area contributed by atoms with Gasteiger partial charge in [-0.3, -0.25) is 0 Å². The van der Waals surface area contributed by atoms with Gasteiger partial charge in [0.2, 0.25) is 5.82 Å². The van der Waals surface area contributed by atoms with E-state index < -0.39 is 0 Å². The van der Waals surface area contributed by atoms with E-state index in [4.69, 9.17) is 16.3 Å². The molecule has 0 bridgehead atoms. The highest BCUT2D eigenvalue weighted by Gasteiger charge is 2.03. The maximum Gasteiger partial charge on any atom is 0.212 e. The van der Waals surface area contributed by atoms with Crippen LogP contribution in [-0.4, -0.2) is 20.2 Å². The number of rotatable bonds is 3. The van der Waals surface area contributed by atoms with Crippen LogP contribution in [0.4, 0.5) is 0 Å². The van der Waals surface area contributed by atoms with Gasteiger partial charge in [-0.1, -0.05) is 23.7 Å². The van der Waals surface area contributed by atoms with Gasteiger partial charge in [0.05, 0.1) is 12.1 Å². The lowest BCUT2D eigenvalue weighted by Gasteiger charge is -2.04. The van der Waals surface area contributed by atoms with Gasteiger partial charge in [0.15, 0.2) is 6.61 Å². The highest BCUT2D eigenvalue weighted by molar-refractivity contribution is 6.32. The standard InChI is InChI=1S/C9H9ClN4O/c1-14-12-9(11-13-14)6-15-8-5-3-2-4-7(8)10/h2-5H,6H2,1H3. The molecule has 1 heterocycles. The van der Waals surface area contributed by atoms with Crippen LogP contribution in [0, 0.1) is 0 Å². The number of para-hydroxylation sites is 1. The van der Waals surface area contributed by atoms with Crippen molar-refractivity contribution in [2.45, 2.75) is 6.61 Å². The van der Waals surface area contributed by atoms with Crippen LogP contribution in [0.1, 0.15) is 5.82 Å². The number of nitrogens with zero attached hydrogens (tertiary/aromatic N) is 4. The maximum absolute atomic E-state index is 5.91. The summed E-state index contributed by atoms with van der Waals surface area (Å²) in [7, 11) is 1.70. The lowest BCUT2D eigenvalue weighted by molar-refractivity contribution is 0.295. The van der Waals surface area contributed by atoms with Crippen LogP contribution in [-0.2, 0) is 13.7 Å². The Bertz CT molecular complexity index is 457. The quantitative estimate of drug-likeness (QED) is 0.792. The molecule has 0 unspecified atom stereocenters. The summed E-state index contributed by atoms with van der Waals surface area (Å²) in [5.41, 5.74) is 0. The molecule has 2 rings (SSSR count). The molecule has 1 aromatic carbocycles. The number of hydrogen-bond acceptors (Lipinski definition) is 4. The Morgan fingerprint density at radius 1 is 1.40 bits per heavy atom. The van der Waals surface area contributed by atoms with Crippen molar-refractivity contribution in [2.75, 3.05) is 0 Å². The third kappa shape index (κ3) is 2.44. The number of ether oxygens (including phenoxy) is 1. The van der Waals surface area contributed by atoms with E-state index >= 15 is 0 Å². The molecular weight excluding hydrogens is 216 g/mol. The molecule has 0 amide bonds. The Labute approximate surface area is 91.6 Å². The fourth-order valence-corrected chi connectivity index (χ4v) is 1.28. The van der Waals surface area contributed by atoms with E-state index in [1.54, 1.807) is 19.2 Å². The minimum absolute atomic E-state index is 0.261. The van der Waals surface area contributed by atoms with Gasteiger partial charge in [-0.15, -0.1) is 10.2 Å².